The van der Waals surface area contributed by atoms with Gasteiger partial charge in [-0.25, -0.2) is 0 Å². The zero-order valence-electron chi connectivity index (χ0n) is 11.1. The van der Waals surface area contributed by atoms with E-state index in [1.807, 2.05) is 0 Å². The predicted octanol–water partition coefficient (Wildman–Crippen LogP) is 3.94. The molecule has 0 aromatic heterocycles. The van der Waals surface area contributed by atoms with E-state index >= 15 is 0 Å². The molecule has 0 aliphatic heterocycles. The van der Waals surface area contributed by atoms with E-state index in [4.69, 9.17) is 0 Å². The lowest BCUT2D eigenvalue weighted by Gasteiger charge is -2.21. The fourth-order valence-electron chi connectivity index (χ4n) is 2.26. The number of thioether (sulfide) groups is 1. The van der Waals surface area contributed by atoms with Gasteiger partial charge in [-0.05, 0) is 43.4 Å². The Morgan fingerprint density at radius 3 is 2.56 bits per heavy atom. The molecule has 0 spiro atoms. The summed E-state index contributed by atoms with van der Waals surface area (Å²) in [6.45, 7) is 7.09. The fourth-order valence-corrected chi connectivity index (χ4v) is 3.39. The Bertz CT molecular complexity index is 153. The second-order valence-electron chi connectivity index (χ2n) is 5.50. The van der Waals surface area contributed by atoms with Gasteiger partial charge in [0.15, 0.2) is 0 Å². The maximum atomic E-state index is 3.62. The third-order valence-corrected chi connectivity index (χ3v) is 4.44. The number of hydrogen-bond donors (Lipinski definition) is 1. The summed E-state index contributed by atoms with van der Waals surface area (Å²) in [6.07, 6.45) is 8.71. The standard InChI is InChI=1S/C14H29NS/c1-13(2)8-10-16-11-9-15-12-14-6-4-3-5-7-14/h13-15H,3-12H2,1-2H3. The van der Waals surface area contributed by atoms with E-state index in [2.05, 4.69) is 30.9 Å². The molecule has 96 valence electrons. The summed E-state index contributed by atoms with van der Waals surface area (Å²) in [7, 11) is 0. The van der Waals surface area contributed by atoms with Crippen molar-refractivity contribution in [2.75, 3.05) is 24.6 Å². The Morgan fingerprint density at radius 1 is 1.12 bits per heavy atom. The van der Waals surface area contributed by atoms with Gasteiger partial charge in [-0.3, -0.25) is 0 Å². The SMILES string of the molecule is CC(C)CCSCCNCC1CCCCC1. The van der Waals surface area contributed by atoms with Gasteiger partial charge in [0.25, 0.3) is 0 Å². The van der Waals surface area contributed by atoms with Crippen LogP contribution in [0.1, 0.15) is 52.4 Å². The largest absolute Gasteiger partial charge is 0.316 e. The lowest BCUT2D eigenvalue weighted by molar-refractivity contribution is 0.345. The molecule has 1 aliphatic carbocycles. The lowest BCUT2D eigenvalue weighted by atomic mass is 9.89. The molecule has 1 N–H and O–H groups in total. The molecular weight excluding hydrogens is 214 g/mol. The van der Waals surface area contributed by atoms with Crippen molar-refractivity contribution in [2.24, 2.45) is 11.8 Å². The maximum Gasteiger partial charge on any atom is 0.00581 e. The zero-order chi connectivity index (χ0) is 11.6. The molecule has 1 rings (SSSR count). The summed E-state index contributed by atoms with van der Waals surface area (Å²) >= 11 is 2.11. The van der Waals surface area contributed by atoms with Crippen LogP contribution in [0.25, 0.3) is 0 Å². The number of nitrogens with one attached hydrogen (secondary N) is 1. The molecule has 0 unspecified atom stereocenters. The predicted molar refractivity (Wildman–Crippen MR) is 76.2 cm³/mol. The Morgan fingerprint density at radius 2 is 1.88 bits per heavy atom. The Balaban J connectivity index is 1.80. The number of rotatable bonds is 8. The molecule has 1 saturated carbocycles. The molecule has 0 radical (unpaired) electrons. The van der Waals surface area contributed by atoms with Gasteiger partial charge in [-0.15, -0.1) is 0 Å². The molecule has 0 aromatic carbocycles. The van der Waals surface area contributed by atoms with Crippen LogP contribution in [0.5, 0.6) is 0 Å². The summed E-state index contributed by atoms with van der Waals surface area (Å²) in [5.41, 5.74) is 0. The van der Waals surface area contributed by atoms with Crippen LogP contribution in [-0.2, 0) is 0 Å². The van der Waals surface area contributed by atoms with Gasteiger partial charge in [0.1, 0.15) is 0 Å². The van der Waals surface area contributed by atoms with E-state index in [0.29, 0.717) is 0 Å². The van der Waals surface area contributed by atoms with Gasteiger partial charge < -0.3 is 5.32 Å². The molecule has 0 bridgehead atoms. The highest BCUT2D eigenvalue weighted by Crippen LogP contribution is 2.22. The van der Waals surface area contributed by atoms with Crippen molar-refractivity contribution in [3.05, 3.63) is 0 Å². The van der Waals surface area contributed by atoms with E-state index in [1.54, 1.807) is 0 Å². The van der Waals surface area contributed by atoms with Crippen molar-refractivity contribution >= 4 is 11.8 Å². The Labute approximate surface area is 106 Å². The van der Waals surface area contributed by atoms with Crippen LogP contribution in [-0.4, -0.2) is 24.6 Å². The van der Waals surface area contributed by atoms with Gasteiger partial charge in [0.05, 0.1) is 0 Å². The monoisotopic (exact) mass is 243 g/mol. The molecule has 0 saturated heterocycles. The van der Waals surface area contributed by atoms with Crippen LogP contribution in [0, 0.1) is 11.8 Å². The van der Waals surface area contributed by atoms with Crippen LogP contribution >= 0.6 is 11.8 Å². The Hall–Kier alpha value is 0.310. The Kier molecular flexibility index (Phi) is 8.40. The summed E-state index contributed by atoms with van der Waals surface area (Å²) in [5, 5.41) is 3.62. The highest BCUT2D eigenvalue weighted by atomic mass is 32.2. The maximum absolute atomic E-state index is 3.62. The van der Waals surface area contributed by atoms with Crippen LogP contribution in [0.2, 0.25) is 0 Å². The molecule has 0 amide bonds. The van der Waals surface area contributed by atoms with E-state index in [-0.39, 0.29) is 0 Å². The summed E-state index contributed by atoms with van der Waals surface area (Å²) < 4.78 is 0. The highest BCUT2D eigenvalue weighted by Gasteiger charge is 2.12. The average Bonchev–Trinajstić information content (AvgIpc) is 2.29. The lowest BCUT2D eigenvalue weighted by Crippen LogP contribution is -2.26. The average molecular weight is 243 g/mol. The third kappa shape index (κ3) is 7.56. The minimum atomic E-state index is 0.864. The first-order valence-electron chi connectivity index (χ1n) is 7.07. The smallest absolute Gasteiger partial charge is 0.00581 e. The molecule has 0 aromatic rings. The summed E-state index contributed by atoms with van der Waals surface area (Å²) in [5.74, 6) is 4.47. The molecule has 2 heteroatoms. The van der Waals surface area contributed by atoms with Crippen molar-refractivity contribution < 1.29 is 0 Å². The quantitative estimate of drug-likeness (QED) is 0.648. The molecular formula is C14H29NS. The second kappa shape index (κ2) is 9.35. The van der Waals surface area contributed by atoms with E-state index in [0.717, 1.165) is 11.8 Å². The van der Waals surface area contributed by atoms with Crippen molar-refractivity contribution in [1.29, 1.82) is 0 Å². The van der Waals surface area contributed by atoms with Crippen LogP contribution in [0.3, 0.4) is 0 Å². The molecule has 16 heavy (non-hydrogen) atoms. The fraction of sp³-hybridized carbons (Fsp3) is 1.00. The van der Waals surface area contributed by atoms with Gasteiger partial charge >= 0.3 is 0 Å². The van der Waals surface area contributed by atoms with Crippen molar-refractivity contribution in [3.8, 4) is 0 Å². The van der Waals surface area contributed by atoms with Gasteiger partial charge in [0.2, 0.25) is 0 Å². The molecule has 1 aliphatic rings. The van der Waals surface area contributed by atoms with E-state index in [1.165, 1.54) is 63.1 Å². The minimum absolute atomic E-state index is 0.864. The van der Waals surface area contributed by atoms with E-state index in [9.17, 15) is 0 Å². The first kappa shape index (κ1) is 14.4. The topological polar surface area (TPSA) is 12.0 Å². The van der Waals surface area contributed by atoms with Crippen molar-refractivity contribution in [2.45, 2.75) is 52.4 Å². The third-order valence-electron chi connectivity index (χ3n) is 3.42. The normalized spacial score (nSPS) is 18.2. The second-order valence-corrected chi connectivity index (χ2v) is 6.73. The van der Waals surface area contributed by atoms with Gasteiger partial charge in [-0.1, -0.05) is 33.1 Å². The first-order valence-corrected chi connectivity index (χ1v) is 8.23. The molecule has 1 nitrogen and oxygen atoms in total. The van der Waals surface area contributed by atoms with Crippen LogP contribution in [0.4, 0.5) is 0 Å². The van der Waals surface area contributed by atoms with Gasteiger partial charge in [0, 0.05) is 12.3 Å². The van der Waals surface area contributed by atoms with Crippen molar-refractivity contribution in [1.82, 2.24) is 5.32 Å². The van der Waals surface area contributed by atoms with Crippen molar-refractivity contribution in [3.63, 3.8) is 0 Å². The molecule has 1 fully saturated rings. The summed E-state index contributed by atoms with van der Waals surface area (Å²) in [6, 6.07) is 0. The van der Waals surface area contributed by atoms with Crippen LogP contribution in [0.15, 0.2) is 0 Å². The molecule has 0 heterocycles. The molecule has 0 atom stereocenters. The summed E-state index contributed by atoms with van der Waals surface area (Å²) in [4.78, 5) is 0. The minimum Gasteiger partial charge on any atom is -0.316 e. The highest BCUT2D eigenvalue weighted by molar-refractivity contribution is 7.99. The van der Waals surface area contributed by atoms with E-state index < -0.39 is 0 Å². The van der Waals surface area contributed by atoms with Crippen LogP contribution < -0.4 is 5.32 Å². The van der Waals surface area contributed by atoms with Gasteiger partial charge in [-0.2, -0.15) is 11.8 Å². The zero-order valence-corrected chi connectivity index (χ0v) is 12.0. The first-order chi connectivity index (χ1) is 7.79. The number of hydrogen-bond acceptors (Lipinski definition) is 2.